The molecule has 2 aliphatic heterocycles. The van der Waals surface area contributed by atoms with E-state index in [9.17, 15) is 14.4 Å². The van der Waals surface area contributed by atoms with E-state index < -0.39 is 34.9 Å². The molecule has 5 rings (SSSR count). The number of ether oxygens (including phenoxy) is 2. The Bertz CT molecular complexity index is 1350. The lowest BCUT2D eigenvalue weighted by Gasteiger charge is -2.34. The molecule has 43 heavy (non-hydrogen) atoms. The predicted molar refractivity (Wildman–Crippen MR) is 161 cm³/mol. The Labute approximate surface area is 252 Å². The van der Waals surface area contributed by atoms with Gasteiger partial charge in [0.05, 0.1) is 5.69 Å². The summed E-state index contributed by atoms with van der Waals surface area (Å²) in [5.41, 5.74) is 0.130. The Balaban J connectivity index is 1.44. The quantitative estimate of drug-likeness (QED) is 0.460. The fourth-order valence-electron chi connectivity index (χ4n) is 6.75. The standard InChI is InChI=1S/C32H44FN5O5/c1-6-38-24(11-14-34-38)28(39)36-27(21-9-7-20(2)8-10-21)29(40)35-22-17-23(33)26-25(18-22)37(30(41)43-31(3,4)5)19-32(26)12-15-42-16-13-32/h11,14,17-18,20-21,27H,6-10,12-13,15-16,19H2,1-5H3,(H,35,40)(H,36,39)/t20-,21-,27-/m0/s1. The molecule has 3 aliphatic rings. The number of carbonyl (C=O) groups excluding carboxylic acids is 3. The van der Waals surface area contributed by atoms with Gasteiger partial charge in [-0.05, 0) is 83.4 Å². The summed E-state index contributed by atoms with van der Waals surface area (Å²) in [7, 11) is 0. The highest BCUT2D eigenvalue weighted by Gasteiger charge is 2.49. The Morgan fingerprint density at radius 1 is 1.16 bits per heavy atom. The van der Waals surface area contributed by atoms with E-state index >= 15 is 4.39 Å². The summed E-state index contributed by atoms with van der Waals surface area (Å²) >= 11 is 0. The van der Waals surface area contributed by atoms with Gasteiger partial charge in [-0.3, -0.25) is 19.2 Å². The van der Waals surface area contributed by atoms with E-state index in [1.807, 2.05) is 6.92 Å². The molecule has 1 aromatic carbocycles. The van der Waals surface area contributed by atoms with Crippen LogP contribution in [0.1, 0.15) is 89.2 Å². The molecule has 1 saturated heterocycles. The van der Waals surface area contributed by atoms with Crippen LogP contribution < -0.4 is 15.5 Å². The molecule has 1 aromatic heterocycles. The maximum atomic E-state index is 16.0. The van der Waals surface area contributed by atoms with Crippen LogP contribution in [0.3, 0.4) is 0 Å². The molecular weight excluding hydrogens is 553 g/mol. The van der Waals surface area contributed by atoms with E-state index in [0.29, 0.717) is 55.5 Å². The number of aromatic nitrogens is 2. The normalized spacial score (nSPS) is 22.1. The Morgan fingerprint density at radius 3 is 2.51 bits per heavy atom. The van der Waals surface area contributed by atoms with Crippen molar-refractivity contribution >= 4 is 29.3 Å². The number of nitrogens with zero attached hydrogens (tertiary/aromatic N) is 3. The topological polar surface area (TPSA) is 115 Å². The molecule has 0 bridgehead atoms. The zero-order valence-electron chi connectivity index (χ0n) is 25.9. The van der Waals surface area contributed by atoms with Crippen LogP contribution in [0.2, 0.25) is 0 Å². The molecule has 0 unspecified atom stereocenters. The van der Waals surface area contributed by atoms with Gasteiger partial charge in [-0.1, -0.05) is 19.8 Å². The molecule has 3 amide bonds. The van der Waals surface area contributed by atoms with Crippen LogP contribution >= 0.6 is 0 Å². The van der Waals surface area contributed by atoms with Crippen LogP contribution in [0.15, 0.2) is 24.4 Å². The Hall–Kier alpha value is -3.47. The molecule has 1 atom stereocenters. The van der Waals surface area contributed by atoms with Gasteiger partial charge in [-0.25, -0.2) is 9.18 Å². The second-order valence-electron chi connectivity index (χ2n) is 13.3. The summed E-state index contributed by atoms with van der Waals surface area (Å²) in [5, 5.41) is 10.0. The van der Waals surface area contributed by atoms with E-state index in [4.69, 9.17) is 9.47 Å². The maximum absolute atomic E-state index is 16.0. The summed E-state index contributed by atoms with van der Waals surface area (Å²) in [5.74, 6) is -0.798. The molecule has 3 heterocycles. The Morgan fingerprint density at radius 2 is 1.86 bits per heavy atom. The summed E-state index contributed by atoms with van der Waals surface area (Å²) in [4.78, 5) is 42.0. The van der Waals surface area contributed by atoms with Gasteiger partial charge in [-0.2, -0.15) is 5.10 Å². The molecule has 0 radical (unpaired) electrons. The predicted octanol–water partition coefficient (Wildman–Crippen LogP) is 5.41. The average Bonchev–Trinajstić information content (AvgIpc) is 3.55. The number of fused-ring (bicyclic) bond motifs is 2. The van der Waals surface area contributed by atoms with Gasteiger partial charge < -0.3 is 20.1 Å². The smallest absolute Gasteiger partial charge is 0.414 e. The number of hydrogen-bond donors (Lipinski definition) is 2. The summed E-state index contributed by atoms with van der Waals surface area (Å²) in [6.07, 6.45) is 5.65. The molecule has 1 aliphatic carbocycles. The van der Waals surface area contributed by atoms with Crippen LogP contribution in [-0.2, 0) is 26.2 Å². The average molecular weight is 598 g/mol. The zero-order chi connectivity index (χ0) is 30.9. The van der Waals surface area contributed by atoms with Gasteiger partial charge in [0.25, 0.3) is 5.91 Å². The lowest BCUT2D eigenvalue weighted by molar-refractivity contribution is -0.119. The number of benzene rings is 1. The molecule has 234 valence electrons. The van der Waals surface area contributed by atoms with Gasteiger partial charge in [0, 0.05) is 49.2 Å². The van der Waals surface area contributed by atoms with Crippen molar-refractivity contribution in [3.63, 3.8) is 0 Å². The fraction of sp³-hybridized carbons (Fsp3) is 0.625. The highest BCUT2D eigenvalue weighted by molar-refractivity contribution is 6.01. The van der Waals surface area contributed by atoms with E-state index in [1.54, 1.807) is 43.8 Å². The van der Waals surface area contributed by atoms with Crippen molar-refractivity contribution in [2.75, 3.05) is 30.0 Å². The maximum Gasteiger partial charge on any atom is 0.414 e. The van der Waals surface area contributed by atoms with Gasteiger partial charge >= 0.3 is 6.09 Å². The minimum absolute atomic E-state index is 0.0683. The number of anilines is 2. The van der Waals surface area contributed by atoms with Gasteiger partial charge in [-0.15, -0.1) is 0 Å². The SMILES string of the molecule is CCn1nccc1C(=O)N[C@H](C(=O)Nc1cc(F)c2c(c1)N(C(=O)OC(C)(C)C)CC21CCOCC1)[C@H]1CC[C@H](C)CC1. The fourth-order valence-corrected chi connectivity index (χ4v) is 6.75. The monoisotopic (exact) mass is 597 g/mol. The van der Waals surface area contributed by atoms with Crippen LogP contribution in [0.4, 0.5) is 20.6 Å². The minimum atomic E-state index is -0.819. The van der Waals surface area contributed by atoms with E-state index in [0.717, 1.165) is 25.7 Å². The van der Waals surface area contributed by atoms with Crippen molar-refractivity contribution in [3.05, 3.63) is 41.5 Å². The molecular formula is C32H44FN5O5. The van der Waals surface area contributed by atoms with Gasteiger partial charge in [0.1, 0.15) is 23.2 Å². The van der Waals surface area contributed by atoms with Gasteiger partial charge in [0.15, 0.2) is 0 Å². The minimum Gasteiger partial charge on any atom is -0.443 e. The van der Waals surface area contributed by atoms with Crippen LogP contribution in [0.5, 0.6) is 0 Å². The molecule has 1 saturated carbocycles. The van der Waals surface area contributed by atoms with Crippen molar-refractivity contribution in [2.24, 2.45) is 11.8 Å². The van der Waals surface area contributed by atoms with Crippen LogP contribution in [0.25, 0.3) is 0 Å². The first-order chi connectivity index (χ1) is 20.4. The molecule has 10 nitrogen and oxygen atoms in total. The number of amides is 3. The lowest BCUT2D eigenvalue weighted by atomic mass is 9.75. The van der Waals surface area contributed by atoms with E-state index in [2.05, 4.69) is 22.7 Å². The van der Waals surface area contributed by atoms with Crippen molar-refractivity contribution < 1.29 is 28.2 Å². The molecule has 11 heteroatoms. The molecule has 2 N–H and O–H groups in total. The number of aryl methyl sites for hydroxylation is 1. The molecule has 2 aromatic rings. The number of carbonyl (C=O) groups is 3. The highest BCUT2D eigenvalue weighted by Crippen LogP contribution is 2.49. The molecule has 1 spiro atoms. The third-order valence-corrected chi connectivity index (χ3v) is 9.03. The number of hydrogen-bond acceptors (Lipinski definition) is 6. The third kappa shape index (κ3) is 6.56. The Kier molecular flexibility index (Phi) is 8.83. The second-order valence-corrected chi connectivity index (χ2v) is 13.3. The highest BCUT2D eigenvalue weighted by atomic mass is 19.1. The molecule has 2 fully saturated rings. The van der Waals surface area contributed by atoms with Crippen molar-refractivity contribution in [1.82, 2.24) is 15.1 Å². The largest absolute Gasteiger partial charge is 0.443 e. The van der Waals surface area contributed by atoms with Crippen LogP contribution in [0, 0.1) is 17.7 Å². The first-order valence-corrected chi connectivity index (χ1v) is 15.5. The first kappa shape index (κ1) is 31.0. The van der Waals surface area contributed by atoms with E-state index in [-0.39, 0.29) is 24.1 Å². The second kappa shape index (κ2) is 12.3. The van der Waals surface area contributed by atoms with E-state index in [1.165, 1.54) is 11.0 Å². The lowest BCUT2D eigenvalue weighted by Crippen LogP contribution is -2.49. The van der Waals surface area contributed by atoms with Gasteiger partial charge in [0.2, 0.25) is 5.91 Å². The summed E-state index contributed by atoms with van der Waals surface area (Å²) in [6.45, 7) is 11.2. The third-order valence-electron chi connectivity index (χ3n) is 9.03. The summed E-state index contributed by atoms with van der Waals surface area (Å²) in [6, 6.07) is 3.78. The van der Waals surface area contributed by atoms with Crippen molar-refractivity contribution in [2.45, 2.75) is 96.7 Å². The number of rotatable bonds is 6. The summed E-state index contributed by atoms with van der Waals surface area (Å²) < 4.78 is 28.9. The van der Waals surface area contributed by atoms with Crippen LogP contribution in [-0.4, -0.2) is 59.1 Å². The number of nitrogens with one attached hydrogen (secondary N) is 2. The number of halogens is 1. The van der Waals surface area contributed by atoms with Crippen molar-refractivity contribution in [3.8, 4) is 0 Å². The van der Waals surface area contributed by atoms with Crippen molar-refractivity contribution in [1.29, 1.82) is 0 Å². The first-order valence-electron chi connectivity index (χ1n) is 15.5. The zero-order valence-corrected chi connectivity index (χ0v) is 25.9.